The summed E-state index contributed by atoms with van der Waals surface area (Å²) in [6, 6.07) is 27.0. The number of carboxylic acids is 2. The number of nitrogen functional groups attached to an aromatic ring is 1. The summed E-state index contributed by atoms with van der Waals surface area (Å²) >= 11 is 0. The van der Waals surface area contributed by atoms with Crippen molar-refractivity contribution < 1.29 is 61.1 Å². The lowest BCUT2D eigenvalue weighted by atomic mass is 10.1. The van der Waals surface area contributed by atoms with Crippen molar-refractivity contribution in [1.29, 1.82) is 0 Å². The fourth-order valence-corrected chi connectivity index (χ4v) is 8.13. The molecule has 0 heterocycles. The first-order valence-corrected chi connectivity index (χ1v) is 22.1. The molecule has 0 aliphatic carbocycles. The Morgan fingerprint density at radius 2 is 0.971 bits per heavy atom. The van der Waals surface area contributed by atoms with Crippen LogP contribution in [0, 0.1) is 0 Å². The number of rotatable bonds is 12. The standard InChI is InChI=1S/C44H29N9O13S2/c45-37-36-24(9-16-33(42(36)56)50-47-26-13-14-28-22(17-26)8-15-32(40(28)54)51-49-31-4-2-1-3-29(31)44(59)60)19-34(67(61,62)63)38(37)52-48-27-12-7-23-18-35(68(64,65)66)39(41(55)30(23)20-27)53-46-25-10-5-21(6-11-25)43(57)58/h1-20,54-56H,45H2,(H,57,58)(H,59,60)(H,61,62,63)(H,64,65,66). The number of phenolic OH excluding ortho intramolecular Hbond substituents is 3. The fraction of sp³-hybridized carbons (Fsp3) is 0. The maximum absolute atomic E-state index is 12.6. The molecule has 0 atom stereocenters. The van der Waals surface area contributed by atoms with Gasteiger partial charge in [0, 0.05) is 10.8 Å². The Balaban J connectivity index is 1.12. The number of fused-ring (bicyclic) bond motifs is 3. The van der Waals surface area contributed by atoms with E-state index in [-0.39, 0.29) is 72.5 Å². The van der Waals surface area contributed by atoms with Crippen molar-refractivity contribution >= 4 is 116 Å². The molecule has 0 aliphatic rings. The lowest BCUT2D eigenvalue weighted by Gasteiger charge is -2.12. The van der Waals surface area contributed by atoms with Crippen LogP contribution in [0.1, 0.15) is 20.7 Å². The number of nitrogens with two attached hydrogens (primary N) is 1. The van der Waals surface area contributed by atoms with Crippen LogP contribution in [0.25, 0.3) is 32.3 Å². The Labute approximate surface area is 381 Å². The average Bonchev–Trinajstić information content (AvgIpc) is 3.29. The van der Waals surface area contributed by atoms with E-state index in [1.54, 1.807) is 24.3 Å². The maximum Gasteiger partial charge on any atom is 0.337 e. The number of aromatic carboxylic acids is 2. The van der Waals surface area contributed by atoms with Crippen molar-refractivity contribution in [2.45, 2.75) is 9.79 Å². The summed E-state index contributed by atoms with van der Waals surface area (Å²) in [6.45, 7) is 0. The lowest BCUT2D eigenvalue weighted by Crippen LogP contribution is -2.01. The van der Waals surface area contributed by atoms with Crippen LogP contribution in [-0.2, 0) is 20.2 Å². The smallest absolute Gasteiger partial charge is 0.337 e. The molecule has 0 amide bonds. The minimum absolute atomic E-state index is 0.0379. The lowest BCUT2D eigenvalue weighted by molar-refractivity contribution is 0.0686. The molecule has 24 heteroatoms. The van der Waals surface area contributed by atoms with Gasteiger partial charge in [0.15, 0.2) is 17.2 Å². The van der Waals surface area contributed by atoms with Crippen molar-refractivity contribution in [1.82, 2.24) is 0 Å². The minimum atomic E-state index is -5.05. The van der Waals surface area contributed by atoms with E-state index >= 15 is 0 Å². The van der Waals surface area contributed by atoms with Crippen molar-refractivity contribution in [2.75, 3.05) is 5.73 Å². The highest BCUT2D eigenvalue weighted by Gasteiger charge is 2.25. The van der Waals surface area contributed by atoms with Crippen LogP contribution in [0.2, 0.25) is 0 Å². The van der Waals surface area contributed by atoms with Gasteiger partial charge in [0.1, 0.15) is 38.2 Å². The number of hydrogen-bond donors (Lipinski definition) is 8. The molecule has 0 saturated carbocycles. The monoisotopic (exact) mass is 955 g/mol. The second-order valence-corrected chi connectivity index (χ2v) is 17.2. The first kappa shape index (κ1) is 45.5. The van der Waals surface area contributed by atoms with Gasteiger partial charge in [-0.25, -0.2) is 9.59 Å². The van der Waals surface area contributed by atoms with E-state index in [1.165, 1.54) is 84.9 Å². The van der Waals surface area contributed by atoms with Gasteiger partial charge >= 0.3 is 11.9 Å². The number of hydrogen-bond acceptors (Lipinski definition) is 18. The highest BCUT2D eigenvalue weighted by Crippen LogP contribution is 2.47. The molecule has 0 bridgehead atoms. The Hall–Kier alpha value is -9.10. The summed E-state index contributed by atoms with van der Waals surface area (Å²) in [5.41, 5.74) is 4.77. The van der Waals surface area contributed by atoms with Gasteiger partial charge in [-0.05, 0) is 107 Å². The molecule has 0 unspecified atom stereocenters. The first-order chi connectivity index (χ1) is 32.3. The number of azo groups is 4. The van der Waals surface area contributed by atoms with Gasteiger partial charge in [0.25, 0.3) is 20.2 Å². The molecule has 0 aliphatic heterocycles. The Bertz CT molecular complexity index is 3810. The van der Waals surface area contributed by atoms with Crippen LogP contribution in [0.15, 0.2) is 172 Å². The van der Waals surface area contributed by atoms with Crippen molar-refractivity contribution in [2.24, 2.45) is 40.9 Å². The highest BCUT2D eigenvalue weighted by atomic mass is 32.2. The van der Waals surface area contributed by atoms with Crippen molar-refractivity contribution in [3.05, 3.63) is 132 Å². The van der Waals surface area contributed by atoms with Gasteiger partial charge in [-0.1, -0.05) is 30.3 Å². The second kappa shape index (κ2) is 17.7. The van der Waals surface area contributed by atoms with E-state index in [0.717, 1.165) is 12.1 Å². The van der Waals surface area contributed by atoms with Gasteiger partial charge in [-0.15, -0.1) is 25.6 Å². The molecule has 0 spiro atoms. The second-order valence-electron chi connectivity index (χ2n) is 14.4. The summed E-state index contributed by atoms with van der Waals surface area (Å²) in [5, 5.41) is 84.9. The van der Waals surface area contributed by atoms with Crippen LogP contribution in [0.4, 0.5) is 51.2 Å². The van der Waals surface area contributed by atoms with Gasteiger partial charge in [-0.3, -0.25) is 9.11 Å². The number of benzene rings is 8. The van der Waals surface area contributed by atoms with E-state index in [1.807, 2.05) is 0 Å². The van der Waals surface area contributed by atoms with Crippen molar-refractivity contribution in [3.63, 3.8) is 0 Å². The summed E-state index contributed by atoms with van der Waals surface area (Å²) in [4.78, 5) is 21.1. The molecule has 0 radical (unpaired) electrons. The van der Waals surface area contributed by atoms with Crippen LogP contribution in [-0.4, -0.2) is 63.4 Å². The molecule has 0 fully saturated rings. The molecule has 8 aromatic rings. The zero-order chi connectivity index (χ0) is 48.7. The summed E-state index contributed by atoms with van der Waals surface area (Å²) < 4.78 is 70.1. The molecule has 0 aromatic heterocycles. The minimum Gasteiger partial charge on any atom is -0.505 e. The normalized spacial score (nSPS) is 12.4. The highest BCUT2D eigenvalue weighted by molar-refractivity contribution is 7.86. The van der Waals surface area contributed by atoms with Crippen LogP contribution in [0.5, 0.6) is 17.2 Å². The van der Waals surface area contributed by atoms with Crippen LogP contribution < -0.4 is 5.73 Å². The molecular formula is C44H29N9O13S2. The van der Waals surface area contributed by atoms with E-state index < -0.39 is 70.5 Å². The quantitative estimate of drug-likeness (QED) is 0.0321. The van der Waals surface area contributed by atoms with E-state index in [2.05, 4.69) is 40.9 Å². The van der Waals surface area contributed by atoms with E-state index in [4.69, 9.17) is 10.8 Å². The number of aromatic hydroxyl groups is 3. The third kappa shape index (κ3) is 9.08. The van der Waals surface area contributed by atoms with E-state index in [9.17, 15) is 56.0 Å². The third-order valence-corrected chi connectivity index (χ3v) is 11.8. The topological polar surface area (TPSA) is 369 Å². The number of nitrogens with zero attached hydrogens (tertiary/aromatic N) is 8. The molecule has 340 valence electrons. The zero-order valence-corrected chi connectivity index (χ0v) is 35.7. The zero-order valence-electron chi connectivity index (χ0n) is 34.1. The molecule has 0 saturated heterocycles. The summed E-state index contributed by atoms with van der Waals surface area (Å²) in [5.74, 6) is -4.00. The van der Waals surface area contributed by atoms with Crippen LogP contribution in [0.3, 0.4) is 0 Å². The Morgan fingerprint density at radius 1 is 0.456 bits per heavy atom. The predicted octanol–water partition coefficient (Wildman–Crippen LogP) is 11.4. The number of phenols is 3. The largest absolute Gasteiger partial charge is 0.505 e. The summed E-state index contributed by atoms with van der Waals surface area (Å²) in [7, 11) is -10.0. The Kier molecular flexibility index (Phi) is 11.8. The number of carbonyl (C=O) groups is 2. The van der Waals surface area contributed by atoms with E-state index in [0.29, 0.717) is 10.8 Å². The van der Waals surface area contributed by atoms with Crippen LogP contribution >= 0.6 is 0 Å². The van der Waals surface area contributed by atoms with Gasteiger partial charge in [-0.2, -0.15) is 32.2 Å². The molecular weight excluding hydrogens is 927 g/mol. The van der Waals surface area contributed by atoms with Gasteiger partial charge < -0.3 is 31.3 Å². The molecule has 8 aromatic carbocycles. The molecule has 8 rings (SSSR count). The maximum atomic E-state index is 12.6. The predicted molar refractivity (Wildman–Crippen MR) is 244 cm³/mol. The first-order valence-electron chi connectivity index (χ1n) is 19.2. The van der Waals surface area contributed by atoms with Gasteiger partial charge in [0.2, 0.25) is 0 Å². The average molecular weight is 956 g/mol. The van der Waals surface area contributed by atoms with Crippen molar-refractivity contribution in [3.8, 4) is 17.2 Å². The molecule has 68 heavy (non-hydrogen) atoms. The molecule has 22 nitrogen and oxygen atoms in total. The Morgan fingerprint density at radius 3 is 1.66 bits per heavy atom. The third-order valence-electron chi connectivity index (χ3n) is 10.1. The number of anilines is 1. The van der Waals surface area contributed by atoms with Gasteiger partial charge in [0.05, 0.1) is 39.3 Å². The summed E-state index contributed by atoms with van der Waals surface area (Å²) in [6.07, 6.45) is 0. The SMILES string of the molecule is Nc1c(N=Nc2ccc3cc(S(=O)(=O)O)c(N=Nc4ccc(C(=O)O)cc4)c(O)c3c2)c(S(=O)(=O)O)cc2ccc(N=Nc3ccc4c(O)c(N=Nc5ccccc5C(=O)O)ccc4c3)c(O)c12. The molecule has 9 N–H and O–H groups in total. The number of carboxylic acid groups (broad SMARTS) is 2. The fourth-order valence-electron chi connectivity index (χ4n) is 6.80.